The molecule has 2 aromatic rings. The molecule has 0 saturated heterocycles. The first-order chi connectivity index (χ1) is 7.31. The van der Waals surface area contributed by atoms with Gasteiger partial charge in [-0.3, -0.25) is 4.79 Å². The van der Waals surface area contributed by atoms with Crippen LogP contribution >= 0.6 is 23.1 Å². The number of anilines is 1. The highest BCUT2D eigenvalue weighted by molar-refractivity contribution is 7.99. The predicted molar refractivity (Wildman–Crippen MR) is 64.5 cm³/mol. The topological polar surface area (TPSA) is 42.0 Å². The summed E-state index contributed by atoms with van der Waals surface area (Å²) in [7, 11) is 0. The molecule has 76 valence electrons. The number of thioether (sulfide) groups is 1. The molecule has 1 aromatic carbocycles. The molecule has 0 saturated carbocycles. The zero-order valence-electron chi connectivity index (χ0n) is 7.98. The molecule has 1 atom stereocenters. The van der Waals surface area contributed by atoms with Gasteiger partial charge in [-0.05, 0) is 18.4 Å². The summed E-state index contributed by atoms with van der Waals surface area (Å²) in [6, 6.07) is 3.89. The van der Waals surface area contributed by atoms with Gasteiger partial charge >= 0.3 is 0 Å². The molecule has 1 aromatic heterocycles. The van der Waals surface area contributed by atoms with Gasteiger partial charge < -0.3 is 5.32 Å². The molecule has 1 amide bonds. The highest BCUT2D eigenvalue weighted by atomic mass is 32.2. The molecule has 1 aliphatic rings. The average molecular weight is 236 g/mol. The van der Waals surface area contributed by atoms with Crippen molar-refractivity contribution in [2.75, 3.05) is 11.6 Å². The summed E-state index contributed by atoms with van der Waals surface area (Å²) in [6.07, 6.45) is 1.96. The van der Waals surface area contributed by atoms with E-state index in [0.29, 0.717) is 0 Å². The second kappa shape index (κ2) is 3.21. The molecule has 0 aliphatic carbocycles. The van der Waals surface area contributed by atoms with E-state index < -0.39 is 0 Å². The summed E-state index contributed by atoms with van der Waals surface area (Å²) in [4.78, 5) is 15.9. The molecular weight excluding hydrogens is 228 g/mol. The van der Waals surface area contributed by atoms with Crippen LogP contribution in [0.4, 0.5) is 5.69 Å². The Labute approximate surface area is 94.9 Å². The largest absolute Gasteiger partial charge is 0.324 e. The number of rotatable bonds is 1. The maximum Gasteiger partial charge on any atom is 0.242 e. The van der Waals surface area contributed by atoms with Crippen molar-refractivity contribution in [1.29, 1.82) is 0 Å². The van der Waals surface area contributed by atoms with Crippen molar-refractivity contribution in [2.45, 2.75) is 5.25 Å². The van der Waals surface area contributed by atoms with Gasteiger partial charge in [0, 0.05) is 11.3 Å². The molecule has 0 unspecified atom stereocenters. The third kappa shape index (κ3) is 1.20. The number of carbonyl (C=O) groups is 1. The number of carbonyl (C=O) groups excluding carboxylic acids is 1. The van der Waals surface area contributed by atoms with Crippen LogP contribution in [0.3, 0.4) is 0 Å². The molecule has 2 heterocycles. The monoisotopic (exact) mass is 236 g/mol. The van der Waals surface area contributed by atoms with Crippen molar-refractivity contribution in [1.82, 2.24) is 4.98 Å². The lowest BCUT2D eigenvalue weighted by Gasteiger charge is -2.04. The van der Waals surface area contributed by atoms with Gasteiger partial charge in [-0.2, -0.15) is 0 Å². The molecule has 0 radical (unpaired) electrons. The Hall–Kier alpha value is -1.07. The number of fused-ring (bicyclic) bond motifs is 3. The van der Waals surface area contributed by atoms with Crippen LogP contribution in [0.2, 0.25) is 0 Å². The Balaban J connectivity index is 2.34. The van der Waals surface area contributed by atoms with Crippen molar-refractivity contribution in [3.8, 4) is 0 Å². The molecule has 0 bridgehead atoms. The third-order valence-corrected chi connectivity index (χ3v) is 4.33. The quantitative estimate of drug-likeness (QED) is 0.827. The Morgan fingerprint density at radius 1 is 1.53 bits per heavy atom. The number of hydrogen-bond acceptors (Lipinski definition) is 4. The Morgan fingerprint density at radius 3 is 3.20 bits per heavy atom. The molecule has 3 nitrogen and oxygen atoms in total. The van der Waals surface area contributed by atoms with Crippen LogP contribution in [0, 0.1) is 0 Å². The van der Waals surface area contributed by atoms with Crippen LogP contribution in [0.15, 0.2) is 17.6 Å². The average Bonchev–Trinajstić information content (AvgIpc) is 2.78. The summed E-state index contributed by atoms with van der Waals surface area (Å²) in [5.74, 6) is 0.0819. The maximum atomic E-state index is 11.7. The van der Waals surface area contributed by atoms with Gasteiger partial charge in [0.1, 0.15) is 5.25 Å². The second-order valence-electron chi connectivity index (χ2n) is 3.33. The second-order valence-corrected chi connectivity index (χ2v) is 5.13. The zero-order valence-corrected chi connectivity index (χ0v) is 9.61. The highest BCUT2D eigenvalue weighted by Crippen LogP contribution is 2.43. The van der Waals surface area contributed by atoms with E-state index in [0.717, 1.165) is 21.5 Å². The van der Waals surface area contributed by atoms with E-state index in [4.69, 9.17) is 0 Å². The number of hydrogen-bond donors (Lipinski definition) is 1. The van der Waals surface area contributed by atoms with E-state index >= 15 is 0 Å². The number of aromatic nitrogens is 1. The van der Waals surface area contributed by atoms with E-state index in [1.54, 1.807) is 23.1 Å². The molecule has 1 N–H and O–H groups in total. The predicted octanol–water partition coefficient (Wildman–Crippen LogP) is 2.65. The molecule has 0 spiro atoms. The van der Waals surface area contributed by atoms with Crippen LogP contribution in [-0.4, -0.2) is 17.1 Å². The van der Waals surface area contributed by atoms with Crippen LogP contribution in [0.25, 0.3) is 10.2 Å². The van der Waals surface area contributed by atoms with E-state index in [1.165, 1.54) is 0 Å². The van der Waals surface area contributed by atoms with Crippen molar-refractivity contribution in [3.05, 3.63) is 23.2 Å². The van der Waals surface area contributed by atoms with E-state index in [1.807, 2.05) is 23.9 Å². The number of amides is 1. The van der Waals surface area contributed by atoms with E-state index in [9.17, 15) is 4.79 Å². The SMILES string of the molecule is CS[C@@H]1C(=O)Nc2ccc3ncsc3c21. The molecule has 3 rings (SSSR count). The van der Waals surface area contributed by atoms with Gasteiger partial charge in [0.2, 0.25) is 5.91 Å². The summed E-state index contributed by atoms with van der Waals surface area (Å²) in [6.45, 7) is 0. The number of benzene rings is 1. The van der Waals surface area contributed by atoms with Gasteiger partial charge in [-0.15, -0.1) is 23.1 Å². The number of nitrogens with zero attached hydrogens (tertiary/aromatic N) is 1. The molecule has 15 heavy (non-hydrogen) atoms. The van der Waals surface area contributed by atoms with Crippen molar-refractivity contribution in [3.63, 3.8) is 0 Å². The fourth-order valence-electron chi connectivity index (χ4n) is 1.87. The minimum absolute atomic E-state index is 0.0795. The fraction of sp³-hybridized carbons (Fsp3) is 0.200. The lowest BCUT2D eigenvalue weighted by molar-refractivity contribution is -0.115. The fourth-order valence-corrected chi connectivity index (χ4v) is 3.57. The lowest BCUT2D eigenvalue weighted by atomic mass is 10.1. The lowest BCUT2D eigenvalue weighted by Crippen LogP contribution is -2.08. The summed E-state index contributed by atoms with van der Waals surface area (Å²) in [5, 5.41) is 2.82. The van der Waals surface area contributed by atoms with Gasteiger partial charge in [0.05, 0.1) is 15.7 Å². The number of nitrogens with one attached hydrogen (secondary N) is 1. The van der Waals surface area contributed by atoms with E-state index in [-0.39, 0.29) is 11.2 Å². The molecular formula is C10H8N2OS2. The van der Waals surface area contributed by atoms with Gasteiger partial charge in [-0.25, -0.2) is 4.98 Å². The maximum absolute atomic E-state index is 11.7. The van der Waals surface area contributed by atoms with Crippen molar-refractivity contribution < 1.29 is 4.79 Å². The van der Waals surface area contributed by atoms with Crippen LogP contribution in [0.1, 0.15) is 10.8 Å². The number of thiazole rings is 1. The minimum atomic E-state index is -0.0795. The summed E-state index contributed by atoms with van der Waals surface area (Å²) in [5.41, 5.74) is 4.85. The summed E-state index contributed by atoms with van der Waals surface area (Å²) < 4.78 is 1.13. The first kappa shape index (κ1) is 9.18. The van der Waals surface area contributed by atoms with Crippen LogP contribution in [-0.2, 0) is 4.79 Å². The van der Waals surface area contributed by atoms with Gasteiger partial charge in [0.25, 0.3) is 0 Å². The minimum Gasteiger partial charge on any atom is -0.324 e. The Kier molecular flexibility index (Phi) is 1.97. The van der Waals surface area contributed by atoms with Crippen LogP contribution in [0.5, 0.6) is 0 Å². The zero-order chi connectivity index (χ0) is 10.4. The third-order valence-electron chi connectivity index (χ3n) is 2.53. The molecule has 1 aliphatic heterocycles. The molecule has 0 fully saturated rings. The Morgan fingerprint density at radius 2 is 2.40 bits per heavy atom. The Bertz CT molecular complexity index is 549. The van der Waals surface area contributed by atoms with Gasteiger partial charge in [-0.1, -0.05) is 0 Å². The normalized spacial score (nSPS) is 19.3. The van der Waals surface area contributed by atoms with Crippen molar-refractivity contribution in [2.24, 2.45) is 0 Å². The standard InChI is InChI=1S/C10H8N2OS2/c1-14-9-7-5(12-10(9)13)2-3-6-8(7)15-4-11-6/h2-4,9H,1H3,(H,12,13)/t9-/m0/s1. The molecule has 5 heteroatoms. The van der Waals surface area contributed by atoms with Gasteiger partial charge in [0.15, 0.2) is 0 Å². The smallest absolute Gasteiger partial charge is 0.242 e. The van der Waals surface area contributed by atoms with Crippen LogP contribution < -0.4 is 5.32 Å². The highest BCUT2D eigenvalue weighted by Gasteiger charge is 2.32. The van der Waals surface area contributed by atoms with E-state index in [2.05, 4.69) is 10.3 Å². The van der Waals surface area contributed by atoms with Crippen molar-refractivity contribution >= 4 is 44.9 Å². The first-order valence-electron chi connectivity index (χ1n) is 4.51. The first-order valence-corrected chi connectivity index (χ1v) is 6.68. The summed E-state index contributed by atoms with van der Waals surface area (Å²) >= 11 is 3.17.